The summed E-state index contributed by atoms with van der Waals surface area (Å²) in [7, 11) is 5.05. The summed E-state index contributed by atoms with van der Waals surface area (Å²) in [5.74, 6) is 1.54. The Labute approximate surface area is 214 Å². The lowest BCUT2D eigenvalue weighted by molar-refractivity contribution is 0.0942. The van der Waals surface area contributed by atoms with Crippen molar-refractivity contribution in [2.24, 2.45) is 7.05 Å². The molecule has 0 aliphatic heterocycles. The Morgan fingerprint density at radius 1 is 1.03 bits per heavy atom. The number of hydrogen-bond acceptors (Lipinski definition) is 7. The van der Waals surface area contributed by atoms with Crippen molar-refractivity contribution in [3.63, 3.8) is 0 Å². The number of pyridine rings is 1. The first-order valence-corrected chi connectivity index (χ1v) is 11.7. The van der Waals surface area contributed by atoms with E-state index in [-0.39, 0.29) is 5.91 Å². The first-order chi connectivity index (χ1) is 17.9. The van der Waals surface area contributed by atoms with Crippen LogP contribution in [0.4, 0.5) is 0 Å². The zero-order valence-corrected chi connectivity index (χ0v) is 21.3. The average molecular weight is 498 g/mol. The molecule has 0 aliphatic carbocycles. The highest BCUT2D eigenvalue weighted by Crippen LogP contribution is 2.31. The predicted molar refractivity (Wildman–Crippen MR) is 139 cm³/mol. The van der Waals surface area contributed by atoms with Crippen LogP contribution in [0, 0.1) is 13.8 Å². The van der Waals surface area contributed by atoms with Gasteiger partial charge in [-0.15, -0.1) is 0 Å². The zero-order valence-electron chi connectivity index (χ0n) is 21.3. The van der Waals surface area contributed by atoms with E-state index in [4.69, 9.17) is 14.0 Å². The summed E-state index contributed by atoms with van der Waals surface area (Å²) in [5, 5.41) is 7.79. The number of benzene rings is 2. The summed E-state index contributed by atoms with van der Waals surface area (Å²) in [6.45, 7) is 3.81. The van der Waals surface area contributed by atoms with E-state index in [0.717, 1.165) is 16.7 Å². The van der Waals surface area contributed by atoms with Gasteiger partial charge in [0.1, 0.15) is 23.4 Å². The highest BCUT2D eigenvalue weighted by molar-refractivity contribution is 6.07. The molecule has 0 aliphatic rings. The second-order valence-electron chi connectivity index (χ2n) is 8.82. The molecule has 0 spiro atoms. The molecule has 9 nitrogen and oxygen atoms in total. The summed E-state index contributed by atoms with van der Waals surface area (Å²) in [5.41, 5.74) is 4.67. The Balaban J connectivity index is 1.62. The second-order valence-corrected chi connectivity index (χ2v) is 8.82. The minimum atomic E-state index is -0.595. The number of ether oxygens (including phenoxy) is 2. The summed E-state index contributed by atoms with van der Waals surface area (Å²) in [4.78, 5) is 23.1. The van der Waals surface area contributed by atoms with Crippen LogP contribution in [0.15, 0.2) is 65.4 Å². The zero-order chi connectivity index (χ0) is 26.1. The first kappa shape index (κ1) is 24.1. The lowest BCUT2D eigenvalue weighted by atomic mass is 10.0. The number of carbonyl (C=O) groups excluding carboxylic acids is 1. The molecule has 0 saturated heterocycles. The highest BCUT2D eigenvalue weighted by atomic mass is 16.5. The van der Waals surface area contributed by atoms with Crippen molar-refractivity contribution in [3.8, 4) is 22.8 Å². The number of fused-ring (bicyclic) bond motifs is 1. The van der Waals surface area contributed by atoms with Crippen LogP contribution in [0.5, 0.6) is 11.5 Å². The maximum atomic E-state index is 13.9. The lowest BCUT2D eigenvalue weighted by Gasteiger charge is -2.21. The number of aryl methyl sites for hydroxylation is 3. The van der Waals surface area contributed by atoms with Crippen LogP contribution in [-0.4, -0.2) is 39.8 Å². The third-order valence-electron chi connectivity index (χ3n) is 6.31. The van der Waals surface area contributed by atoms with Crippen molar-refractivity contribution in [1.82, 2.24) is 25.0 Å². The standard InChI is InChI=1S/C28H27N5O4/c1-16-6-8-18(9-7-16)23-15-22(24-17(2)32-37-28(24)30-23)27(34)31-25(26-29-10-11-33(26)3)19-12-20(35-4)14-21(13-19)36-5/h6-15,25H,1-5H3,(H,31,34)/t25-/m0/s1. The normalized spacial score (nSPS) is 11.9. The quantitative estimate of drug-likeness (QED) is 0.345. The molecule has 188 valence electrons. The molecule has 2 aromatic carbocycles. The molecule has 5 rings (SSSR count). The minimum absolute atomic E-state index is 0.303. The minimum Gasteiger partial charge on any atom is -0.497 e. The van der Waals surface area contributed by atoms with Crippen LogP contribution in [0.3, 0.4) is 0 Å². The van der Waals surface area contributed by atoms with Gasteiger partial charge in [0.25, 0.3) is 11.6 Å². The Kier molecular flexibility index (Phi) is 6.35. The van der Waals surface area contributed by atoms with Crippen molar-refractivity contribution in [1.29, 1.82) is 0 Å². The Hall–Kier alpha value is -4.66. The topological polar surface area (TPSA) is 104 Å². The van der Waals surface area contributed by atoms with Crippen molar-refractivity contribution in [2.45, 2.75) is 19.9 Å². The summed E-state index contributed by atoms with van der Waals surface area (Å²) >= 11 is 0. The van der Waals surface area contributed by atoms with Gasteiger partial charge < -0.3 is 23.9 Å². The van der Waals surface area contributed by atoms with Gasteiger partial charge in [0.05, 0.1) is 36.6 Å². The van der Waals surface area contributed by atoms with E-state index >= 15 is 0 Å². The fourth-order valence-corrected chi connectivity index (χ4v) is 4.30. The molecule has 1 atom stereocenters. The van der Waals surface area contributed by atoms with Crippen LogP contribution in [0.1, 0.15) is 39.0 Å². The second kappa shape index (κ2) is 9.77. The molecular weight excluding hydrogens is 470 g/mol. The third kappa shape index (κ3) is 4.63. The summed E-state index contributed by atoms with van der Waals surface area (Å²) in [6, 6.07) is 14.6. The average Bonchev–Trinajstić information content (AvgIpc) is 3.51. The Morgan fingerprint density at radius 2 is 1.73 bits per heavy atom. The largest absolute Gasteiger partial charge is 0.497 e. The van der Waals surface area contributed by atoms with Gasteiger partial charge in [0.2, 0.25) is 0 Å². The Morgan fingerprint density at radius 3 is 2.35 bits per heavy atom. The molecule has 0 fully saturated rings. The first-order valence-electron chi connectivity index (χ1n) is 11.7. The number of nitrogens with zero attached hydrogens (tertiary/aromatic N) is 4. The van der Waals surface area contributed by atoms with Crippen LogP contribution < -0.4 is 14.8 Å². The number of aromatic nitrogens is 4. The van der Waals surface area contributed by atoms with E-state index < -0.39 is 6.04 Å². The molecule has 0 unspecified atom stereocenters. The SMILES string of the molecule is COc1cc(OC)cc([C@H](NC(=O)c2cc(-c3ccc(C)cc3)nc3onc(C)c23)c2nccn2C)c1. The number of amides is 1. The van der Waals surface area contributed by atoms with Gasteiger partial charge >= 0.3 is 0 Å². The fourth-order valence-electron chi connectivity index (χ4n) is 4.30. The summed E-state index contributed by atoms with van der Waals surface area (Å²) < 4.78 is 18.3. The lowest BCUT2D eigenvalue weighted by Crippen LogP contribution is -2.31. The molecule has 1 N–H and O–H groups in total. The molecular formula is C28H27N5O4. The Bertz CT molecular complexity index is 1560. The van der Waals surface area contributed by atoms with Crippen LogP contribution in [0.2, 0.25) is 0 Å². The smallest absolute Gasteiger partial charge is 0.259 e. The number of nitrogens with one attached hydrogen (secondary N) is 1. The maximum Gasteiger partial charge on any atom is 0.259 e. The van der Waals surface area contributed by atoms with Gasteiger partial charge in [-0.1, -0.05) is 35.0 Å². The van der Waals surface area contributed by atoms with Gasteiger partial charge in [-0.2, -0.15) is 0 Å². The van der Waals surface area contributed by atoms with E-state index in [1.54, 1.807) is 39.5 Å². The van der Waals surface area contributed by atoms with Gasteiger partial charge in [0.15, 0.2) is 0 Å². The monoisotopic (exact) mass is 497 g/mol. The molecule has 0 saturated carbocycles. The van der Waals surface area contributed by atoms with Gasteiger partial charge in [-0.3, -0.25) is 4.79 Å². The predicted octanol–water partition coefficient (Wildman–Crippen LogP) is 4.78. The molecule has 0 radical (unpaired) electrons. The molecule has 9 heteroatoms. The van der Waals surface area contributed by atoms with E-state index in [1.807, 2.05) is 61.1 Å². The number of rotatable bonds is 7. The van der Waals surface area contributed by atoms with Crippen molar-refractivity contribution < 1.29 is 18.8 Å². The van der Waals surface area contributed by atoms with Gasteiger partial charge in [0, 0.05) is 31.1 Å². The van der Waals surface area contributed by atoms with Crippen LogP contribution >= 0.6 is 0 Å². The van der Waals surface area contributed by atoms with Crippen LogP contribution in [0.25, 0.3) is 22.4 Å². The van der Waals surface area contributed by atoms with Crippen molar-refractivity contribution in [2.75, 3.05) is 14.2 Å². The third-order valence-corrected chi connectivity index (χ3v) is 6.31. The highest BCUT2D eigenvalue weighted by Gasteiger charge is 2.26. The van der Waals surface area contributed by atoms with Crippen LogP contribution in [-0.2, 0) is 7.05 Å². The maximum absolute atomic E-state index is 13.9. The van der Waals surface area contributed by atoms with E-state index in [2.05, 4.69) is 20.4 Å². The molecule has 1 amide bonds. The molecule has 5 aromatic rings. The molecule has 37 heavy (non-hydrogen) atoms. The van der Waals surface area contributed by atoms with E-state index in [1.165, 1.54) is 0 Å². The van der Waals surface area contributed by atoms with Gasteiger partial charge in [-0.25, -0.2) is 9.97 Å². The molecule has 3 aromatic heterocycles. The number of imidazole rings is 1. The molecule has 0 bridgehead atoms. The number of hydrogen-bond donors (Lipinski definition) is 1. The summed E-state index contributed by atoms with van der Waals surface area (Å²) in [6.07, 6.45) is 3.52. The molecule has 3 heterocycles. The van der Waals surface area contributed by atoms with Crippen molar-refractivity contribution >= 4 is 17.0 Å². The van der Waals surface area contributed by atoms with E-state index in [9.17, 15) is 4.79 Å². The number of methoxy groups -OCH3 is 2. The van der Waals surface area contributed by atoms with E-state index in [0.29, 0.717) is 45.4 Å². The fraction of sp³-hybridized carbons (Fsp3) is 0.214. The van der Waals surface area contributed by atoms with Crippen molar-refractivity contribution in [3.05, 3.63) is 89.1 Å². The number of carbonyl (C=O) groups is 1. The van der Waals surface area contributed by atoms with Gasteiger partial charge in [-0.05, 0) is 37.6 Å².